The summed E-state index contributed by atoms with van der Waals surface area (Å²) in [4.78, 5) is 50.6. The summed E-state index contributed by atoms with van der Waals surface area (Å²) in [6.45, 7) is 2.25. The summed E-state index contributed by atoms with van der Waals surface area (Å²) in [7, 11) is 4.07. The van der Waals surface area contributed by atoms with Crippen molar-refractivity contribution in [3.05, 3.63) is 99.7 Å². The maximum atomic E-state index is 14.6. The summed E-state index contributed by atoms with van der Waals surface area (Å²) in [6.07, 6.45) is 4.10. The molecule has 3 aromatic carbocycles. The van der Waals surface area contributed by atoms with Crippen LogP contribution >= 0.6 is 23.2 Å². The van der Waals surface area contributed by atoms with Crippen molar-refractivity contribution in [1.29, 1.82) is 0 Å². The van der Waals surface area contributed by atoms with Crippen LogP contribution < -0.4 is 10.2 Å². The smallest absolute Gasteiger partial charge is 0.255 e. The molecule has 240 valence electrons. The maximum absolute atomic E-state index is 14.6. The van der Waals surface area contributed by atoms with E-state index in [0.717, 1.165) is 40.7 Å². The number of aromatic amines is 1. The number of amides is 3. The van der Waals surface area contributed by atoms with E-state index in [2.05, 4.69) is 15.2 Å². The number of nitrogens with one attached hydrogen (secondary N) is 2. The van der Waals surface area contributed by atoms with Crippen LogP contribution in [-0.4, -0.2) is 78.8 Å². The zero-order valence-corrected chi connectivity index (χ0v) is 27.7. The molecular weight excluding hydrogens is 621 g/mol. The van der Waals surface area contributed by atoms with Gasteiger partial charge in [0.2, 0.25) is 11.8 Å². The summed E-state index contributed by atoms with van der Waals surface area (Å²) in [6, 6.07) is 19.9. The van der Waals surface area contributed by atoms with E-state index < -0.39 is 6.04 Å². The number of hydrogen-bond donors (Lipinski definition) is 2. The van der Waals surface area contributed by atoms with E-state index in [1.807, 2.05) is 67.7 Å². The van der Waals surface area contributed by atoms with E-state index >= 15 is 0 Å². The monoisotopic (exact) mass is 659 g/mol. The highest BCUT2D eigenvalue weighted by atomic mass is 35.5. The molecule has 10 heteroatoms. The molecule has 2 aliphatic heterocycles. The molecule has 1 aromatic heterocycles. The van der Waals surface area contributed by atoms with Crippen molar-refractivity contribution in [3.8, 4) is 0 Å². The number of hydrogen-bond acceptors (Lipinski definition) is 4. The molecule has 3 heterocycles. The maximum Gasteiger partial charge on any atom is 0.255 e. The predicted octanol–water partition coefficient (Wildman–Crippen LogP) is 5.82. The largest absolute Gasteiger partial charge is 0.361 e. The lowest BCUT2D eigenvalue weighted by molar-refractivity contribution is -0.131. The van der Waals surface area contributed by atoms with Crippen LogP contribution in [0.5, 0.6) is 0 Å². The van der Waals surface area contributed by atoms with E-state index in [0.29, 0.717) is 54.5 Å². The highest BCUT2D eigenvalue weighted by molar-refractivity contribution is 6.33. The number of aromatic nitrogens is 1. The Labute approximate surface area is 279 Å². The first-order valence-corrected chi connectivity index (χ1v) is 16.6. The van der Waals surface area contributed by atoms with E-state index in [4.69, 9.17) is 23.2 Å². The molecule has 8 nitrogen and oxygen atoms in total. The van der Waals surface area contributed by atoms with Crippen molar-refractivity contribution in [3.63, 3.8) is 0 Å². The van der Waals surface area contributed by atoms with E-state index in [9.17, 15) is 14.4 Å². The van der Waals surface area contributed by atoms with Gasteiger partial charge in [-0.15, -0.1) is 0 Å². The molecule has 0 radical (unpaired) electrons. The number of benzene rings is 3. The highest BCUT2D eigenvalue weighted by Crippen LogP contribution is 2.33. The number of carbonyl (C=O) groups excluding carboxylic acids is 3. The van der Waals surface area contributed by atoms with Gasteiger partial charge in [0.1, 0.15) is 6.04 Å². The summed E-state index contributed by atoms with van der Waals surface area (Å²) < 4.78 is 0. The minimum absolute atomic E-state index is 0.131. The van der Waals surface area contributed by atoms with Gasteiger partial charge in [-0.05, 0) is 86.8 Å². The standard InChI is InChI=1S/C36H39Cl2N5O3/c1-41(2)21-23-17-25-18-27(37)11-12-33(25)43(22-23)36(46)32(19-26-20-39-31-10-6-4-7-28(26)31)40-34(44)24-13-15-42(16-14-24)35(45)29-8-3-5-9-30(29)38/h3-12,18,20,23-24,32,39H,13-17,19,21-22H2,1-2H3,(H,40,44)/t23-,32-/m1/s1. The Morgan fingerprint density at radius 2 is 1.74 bits per heavy atom. The van der Waals surface area contributed by atoms with Crippen LogP contribution in [0.4, 0.5) is 5.69 Å². The highest BCUT2D eigenvalue weighted by Gasteiger charge is 2.36. The zero-order chi connectivity index (χ0) is 32.4. The van der Waals surface area contributed by atoms with E-state index in [1.54, 1.807) is 29.2 Å². The normalized spacial score (nSPS) is 17.6. The van der Waals surface area contributed by atoms with Crippen molar-refractivity contribution < 1.29 is 14.4 Å². The van der Waals surface area contributed by atoms with Gasteiger partial charge in [0.05, 0.1) is 10.6 Å². The minimum atomic E-state index is -0.781. The van der Waals surface area contributed by atoms with Crippen molar-refractivity contribution in [1.82, 2.24) is 20.1 Å². The fourth-order valence-corrected chi connectivity index (χ4v) is 7.32. The number of likely N-dealkylation sites (tertiary alicyclic amines) is 1. The number of carbonyl (C=O) groups is 3. The van der Waals surface area contributed by atoms with Crippen molar-refractivity contribution >= 4 is 57.5 Å². The Balaban J connectivity index is 1.23. The van der Waals surface area contributed by atoms with E-state index in [-0.39, 0.29) is 29.6 Å². The van der Waals surface area contributed by atoms with E-state index in [1.165, 1.54) is 0 Å². The second-order valence-corrected chi connectivity index (χ2v) is 13.6. The Hall–Kier alpha value is -3.85. The molecule has 2 atom stereocenters. The third-order valence-electron chi connectivity index (χ3n) is 9.14. The molecule has 3 amide bonds. The number of fused-ring (bicyclic) bond motifs is 2. The second kappa shape index (κ2) is 13.9. The number of halogens is 2. The topological polar surface area (TPSA) is 88.8 Å². The molecule has 0 aliphatic carbocycles. The zero-order valence-electron chi connectivity index (χ0n) is 26.1. The van der Waals surface area contributed by atoms with Gasteiger partial charge in [0.15, 0.2) is 0 Å². The molecule has 0 unspecified atom stereocenters. The Morgan fingerprint density at radius 1 is 1.00 bits per heavy atom. The molecular formula is C36H39Cl2N5O3. The Kier molecular flexibility index (Phi) is 9.68. The summed E-state index contributed by atoms with van der Waals surface area (Å²) >= 11 is 12.7. The number of anilines is 1. The molecule has 1 fully saturated rings. The SMILES string of the molecule is CN(C)C[C@H]1Cc2cc(Cl)ccc2N(C(=O)[C@@H](Cc2c[nH]c3ccccc23)NC(=O)C2CCN(C(=O)c3ccccc3Cl)CC2)C1. The fourth-order valence-electron chi connectivity index (χ4n) is 6.91. The number of rotatable bonds is 8. The molecule has 6 rings (SSSR count). The predicted molar refractivity (Wildman–Crippen MR) is 184 cm³/mol. The average molecular weight is 661 g/mol. The quantitative estimate of drug-likeness (QED) is 0.249. The van der Waals surface area contributed by atoms with Gasteiger partial charge in [-0.1, -0.05) is 53.5 Å². The molecule has 4 aromatic rings. The van der Waals surface area contributed by atoms with Gasteiger partial charge in [-0.3, -0.25) is 14.4 Å². The molecule has 46 heavy (non-hydrogen) atoms. The minimum Gasteiger partial charge on any atom is -0.361 e. The van der Waals surface area contributed by atoms with Gasteiger partial charge >= 0.3 is 0 Å². The Bertz CT molecular complexity index is 1750. The third-order valence-corrected chi connectivity index (χ3v) is 9.71. The number of para-hydroxylation sites is 1. The molecule has 2 aliphatic rings. The first-order valence-electron chi connectivity index (χ1n) is 15.8. The van der Waals surface area contributed by atoms with Gasteiger partial charge in [-0.2, -0.15) is 0 Å². The number of nitrogens with zero attached hydrogens (tertiary/aromatic N) is 3. The third kappa shape index (κ3) is 6.94. The van der Waals surface area contributed by atoms with Crippen LogP contribution in [-0.2, 0) is 22.4 Å². The second-order valence-electron chi connectivity index (χ2n) is 12.7. The van der Waals surface area contributed by atoms with Gasteiger partial charge in [0.25, 0.3) is 5.91 Å². The lowest BCUT2D eigenvalue weighted by atomic mass is 9.90. The first-order chi connectivity index (χ1) is 22.2. The number of piperidine rings is 1. The van der Waals surface area contributed by atoms with Gasteiger partial charge < -0.3 is 25.0 Å². The lowest BCUT2D eigenvalue weighted by Crippen LogP contribution is -2.54. The Morgan fingerprint density at radius 3 is 2.50 bits per heavy atom. The summed E-state index contributed by atoms with van der Waals surface area (Å²) in [5, 5.41) is 5.25. The van der Waals surface area contributed by atoms with Gasteiger partial charge in [-0.25, -0.2) is 0 Å². The van der Waals surface area contributed by atoms with Crippen LogP contribution in [0.25, 0.3) is 10.9 Å². The van der Waals surface area contributed by atoms with Crippen LogP contribution in [0.2, 0.25) is 10.0 Å². The molecule has 0 saturated carbocycles. The van der Waals surface area contributed by atoms with Crippen molar-refractivity contribution in [2.75, 3.05) is 45.2 Å². The number of H-pyrrole nitrogens is 1. The molecule has 0 bridgehead atoms. The van der Waals surface area contributed by atoms with Crippen molar-refractivity contribution in [2.45, 2.75) is 31.7 Å². The molecule has 0 spiro atoms. The van der Waals surface area contributed by atoms with Gasteiger partial charge in [0, 0.05) is 66.3 Å². The van der Waals surface area contributed by atoms with Crippen LogP contribution in [0, 0.1) is 11.8 Å². The first kappa shape index (κ1) is 32.1. The molecule has 2 N–H and O–H groups in total. The van der Waals surface area contributed by atoms with Crippen LogP contribution in [0.3, 0.4) is 0 Å². The van der Waals surface area contributed by atoms with Crippen LogP contribution in [0.15, 0.2) is 72.9 Å². The van der Waals surface area contributed by atoms with Crippen molar-refractivity contribution in [2.24, 2.45) is 11.8 Å². The summed E-state index contributed by atoms with van der Waals surface area (Å²) in [5.41, 5.74) is 4.29. The average Bonchev–Trinajstić information content (AvgIpc) is 3.46. The lowest BCUT2D eigenvalue weighted by Gasteiger charge is -2.38. The fraction of sp³-hybridized carbons (Fsp3) is 0.361. The summed E-state index contributed by atoms with van der Waals surface area (Å²) in [5.74, 6) is -0.539. The molecule has 1 saturated heterocycles. The van der Waals surface area contributed by atoms with Crippen LogP contribution in [0.1, 0.15) is 34.3 Å².